The van der Waals surface area contributed by atoms with Crippen LogP contribution in [-0.2, 0) is 0 Å². The number of aliphatic hydroxyl groups is 1. The molecule has 0 saturated carbocycles. The summed E-state index contributed by atoms with van der Waals surface area (Å²) in [4.78, 5) is 4.45. The van der Waals surface area contributed by atoms with Gasteiger partial charge in [0.15, 0.2) is 0 Å². The second-order valence-corrected chi connectivity index (χ2v) is 5.35. The maximum absolute atomic E-state index is 9.88. The highest BCUT2D eigenvalue weighted by Crippen LogP contribution is 2.20. The Hall–Kier alpha value is -2.12. The number of aromatic nitrogens is 1. The van der Waals surface area contributed by atoms with Gasteiger partial charge >= 0.3 is 0 Å². The predicted octanol–water partition coefficient (Wildman–Crippen LogP) is 2.93. The Bertz CT molecular complexity index is 631. The van der Waals surface area contributed by atoms with E-state index in [1.807, 2.05) is 30.3 Å². The van der Waals surface area contributed by atoms with Crippen LogP contribution in [0.15, 0.2) is 30.3 Å². The first kappa shape index (κ1) is 14.3. The van der Waals surface area contributed by atoms with E-state index in [2.05, 4.69) is 30.2 Å². The van der Waals surface area contributed by atoms with E-state index in [0.717, 1.165) is 17.3 Å². The lowest BCUT2D eigenvalue weighted by molar-refractivity contribution is 0.161. The highest BCUT2D eigenvalue weighted by Gasteiger charge is 2.10. The number of aliphatic hydroxyl groups excluding tert-OH is 1. The molecule has 0 aliphatic carbocycles. The number of para-hydroxylation sites is 1. The minimum atomic E-state index is -0.435. The molecule has 1 aromatic carbocycles. The molecule has 0 aliphatic rings. The van der Waals surface area contributed by atoms with Crippen molar-refractivity contribution in [2.24, 2.45) is 5.92 Å². The fourth-order valence-corrected chi connectivity index (χ4v) is 2.18. The number of nitrogens with one attached hydrogen (secondary N) is 1. The molecule has 1 aromatic heterocycles. The van der Waals surface area contributed by atoms with Crippen LogP contribution in [0.25, 0.3) is 10.9 Å². The lowest BCUT2D eigenvalue weighted by Gasteiger charge is -2.15. The van der Waals surface area contributed by atoms with E-state index in [1.54, 1.807) is 0 Å². The van der Waals surface area contributed by atoms with Gasteiger partial charge in [0, 0.05) is 11.9 Å². The fourth-order valence-electron chi connectivity index (χ4n) is 2.18. The lowest BCUT2D eigenvalue weighted by atomic mass is 10.1. The molecule has 1 atom stereocenters. The molecule has 2 rings (SSSR count). The molecule has 4 nitrogen and oxygen atoms in total. The molecule has 0 bridgehead atoms. The Labute approximate surface area is 119 Å². The van der Waals surface area contributed by atoms with Crippen LogP contribution in [0.2, 0.25) is 0 Å². The van der Waals surface area contributed by atoms with Gasteiger partial charge in [-0.2, -0.15) is 5.26 Å². The first-order valence-electron chi connectivity index (χ1n) is 6.82. The average Bonchev–Trinajstić information content (AvgIpc) is 2.43. The number of nitriles is 1. The van der Waals surface area contributed by atoms with Crippen molar-refractivity contribution in [2.75, 3.05) is 11.9 Å². The standard InChI is InChI=1S/C16H19N3O/c1-11(2)7-14(20)10-18-16-13(9-17)8-12-5-3-4-6-15(12)19-16/h3-6,8,11,14,20H,7,10H2,1-2H3,(H,18,19). The lowest BCUT2D eigenvalue weighted by Crippen LogP contribution is -2.22. The van der Waals surface area contributed by atoms with E-state index < -0.39 is 6.10 Å². The van der Waals surface area contributed by atoms with Gasteiger partial charge in [-0.3, -0.25) is 0 Å². The third kappa shape index (κ3) is 3.46. The highest BCUT2D eigenvalue weighted by molar-refractivity contribution is 5.82. The highest BCUT2D eigenvalue weighted by atomic mass is 16.3. The molecule has 2 aromatic rings. The molecular formula is C16H19N3O. The summed E-state index contributed by atoms with van der Waals surface area (Å²) in [7, 11) is 0. The van der Waals surface area contributed by atoms with Gasteiger partial charge in [-0.25, -0.2) is 4.98 Å². The van der Waals surface area contributed by atoms with Crippen LogP contribution in [-0.4, -0.2) is 22.7 Å². The van der Waals surface area contributed by atoms with E-state index in [4.69, 9.17) is 0 Å². The SMILES string of the molecule is CC(C)CC(O)CNc1nc2ccccc2cc1C#N. The van der Waals surface area contributed by atoms with E-state index in [-0.39, 0.29) is 0 Å². The normalized spacial score (nSPS) is 12.3. The smallest absolute Gasteiger partial charge is 0.144 e. The molecule has 0 spiro atoms. The zero-order valence-corrected chi connectivity index (χ0v) is 11.8. The second kappa shape index (κ2) is 6.36. The Balaban J connectivity index is 2.18. The van der Waals surface area contributed by atoms with Crippen LogP contribution in [0.4, 0.5) is 5.82 Å². The maximum Gasteiger partial charge on any atom is 0.144 e. The summed E-state index contributed by atoms with van der Waals surface area (Å²) < 4.78 is 0. The molecule has 104 valence electrons. The fraction of sp³-hybridized carbons (Fsp3) is 0.375. The molecular weight excluding hydrogens is 250 g/mol. The van der Waals surface area contributed by atoms with Crippen LogP contribution in [0.3, 0.4) is 0 Å². The van der Waals surface area contributed by atoms with Gasteiger partial charge in [-0.1, -0.05) is 32.0 Å². The molecule has 0 radical (unpaired) electrons. The van der Waals surface area contributed by atoms with E-state index in [1.165, 1.54) is 0 Å². The summed E-state index contributed by atoms with van der Waals surface area (Å²) in [5, 5.41) is 23.1. The average molecular weight is 269 g/mol. The molecule has 0 aliphatic heterocycles. The summed E-state index contributed by atoms with van der Waals surface area (Å²) in [6.45, 7) is 4.54. The Morgan fingerprint density at radius 3 is 2.80 bits per heavy atom. The van der Waals surface area contributed by atoms with Crippen LogP contribution in [0.1, 0.15) is 25.8 Å². The van der Waals surface area contributed by atoms with Crippen molar-refractivity contribution in [1.82, 2.24) is 4.98 Å². The largest absolute Gasteiger partial charge is 0.391 e. The van der Waals surface area contributed by atoms with Gasteiger partial charge in [0.2, 0.25) is 0 Å². The van der Waals surface area contributed by atoms with Crippen molar-refractivity contribution in [2.45, 2.75) is 26.4 Å². The van der Waals surface area contributed by atoms with E-state index in [9.17, 15) is 10.4 Å². The summed E-state index contributed by atoms with van der Waals surface area (Å²) in [6.07, 6.45) is 0.289. The number of pyridine rings is 1. The summed E-state index contributed by atoms with van der Waals surface area (Å²) in [5.74, 6) is 0.973. The van der Waals surface area contributed by atoms with Gasteiger partial charge in [-0.15, -0.1) is 0 Å². The summed E-state index contributed by atoms with van der Waals surface area (Å²) in [6, 6.07) is 11.6. The minimum absolute atomic E-state index is 0.401. The van der Waals surface area contributed by atoms with Gasteiger partial charge in [0.05, 0.1) is 17.2 Å². The van der Waals surface area contributed by atoms with Crippen LogP contribution in [0.5, 0.6) is 0 Å². The van der Waals surface area contributed by atoms with Crippen molar-refractivity contribution >= 4 is 16.7 Å². The number of benzene rings is 1. The predicted molar refractivity (Wildman–Crippen MR) is 80.4 cm³/mol. The molecule has 20 heavy (non-hydrogen) atoms. The van der Waals surface area contributed by atoms with Crippen molar-refractivity contribution in [3.63, 3.8) is 0 Å². The molecule has 1 unspecified atom stereocenters. The van der Waals surface area contributed by atoms with Crippen molar-refractivity contribution in [1.29, 1.82) is 5.26 Å². The molecule has 0 amide bonds. The van der Waals surface area contributed by atoms with Crippen molar-refractivity contribution in [3.8, 4) is 6.07 Å². The third-order valence-corrected chi connectivity index (χ3v) is 3.09. The quantitative estimate of drug-likeness (QED) is 0.875. The number of hydrogen-bond acceptors (Lipinski definition) is 4. The van der Waals surface area contributed by atoms with Crippen LogP contribution < -0.4 is 5.32 Å². The topological polar surface area (TPSA) is 68.9 Å². The zero-order chi connectivity index (χ0) is 14.5. The molecule has 1 heterocycles. The summed E-state index contributed by atoms with van der Waals surface area (Å²) in [5.41, 5.74) is 1.34. The zero-order valence-electron chi connectivity index (χ0n) is 11.8. The minimum Gasteiger partial charge on any atom is -0.391 e. The molecule has 4 heteroatoms. The molecule has 0 fully saturated rings. The van der Waals surface area contributed by atoms with Gasteiger partial charge in [-0.05, 0) is 24.5 Å². The number of nitrogens with zero attached hydrogens (tertiary/aromatic N) is 2. The van der Waals surface area contributed by atoms with Gasteiger partial charge < -0.3 is 10.4 Å². The van der Waals surface area contributed by atoms with Crippen LogP contribution in [0, 0.1) is 17.2 Å². The van der Waals surface area contributed by atoms with E-state index in [0.29, 0.717) is 23.8 Å². The number of rotatable bonds is 5. The Kier molecular flexibility index (Phi) is 4.54. The third-order valence-electron chi connectivity index (χ3n) is 3.09. The first-order chi connectivity index (χ1) is 9.60. The Morgan fingerprint density at radius 2 is 2.10 bits per heavy atom. The van der Waals surface area contributed by atoms with Gasteiger partial charge in [0.1, 0.15) is 11.9 Å². The maximum atomic E-state index is 9.88. The number of hydrogen-bond donors (Lipinski definition) is 2. The number of fused-ring (bicyclic) bond motifs is 1. The Morgan fingerprint density at radius 1 is 1.35 bits per heavy atom. The summed E-state index contributed by atoms with van der Waals surface area (Å²) >= 11 is 0. The van der Waals surface area contributed by atoms with Crippen molar-refractivity contribution < 1.29 is 5.11 Å². The van der Waals surface area contributed by atoms with Crippen molar-refractivity contribution in [3.05, 3.63) is 35.9 Å². The second-order valence-electron chi connectivity index (χ2n) is 5.35. The number of anilines is 1. The van der Waals surface area contributed by atoms with E-state index >= 15 is 0 Å². The van der Waals surface area contributed by atoms with Crippen LogP contribution >= 0.6 is 0 Å². The molecule has 2 N–H and O–H groups in total. The molecule has 0 saturated heterocycles. The van der Waals surface area contributed by atoms with Gasteiger partial charge in [0.25, 0.3) is 0 Å². The monoisotopic (exact) mass is 269 g/mol. The first-order valence-corrected chi connectivity index (χ1v) is 6.82.